The maximum Gasteiger partial charge on any atom is 0.245 e. The summed E-state index contributed by atoms with van der Waals surface area (Å²) in [7, 11) is 0. The first-order valence-corrected chi connectivity index (χ1v) is 6.87. The summed E-state index contributed by atoms with van der Waals surface area (Å²) in [5, 5.41) is 8.51. The number of hydroxylamine groups is 1. The van der Waals surface area contributed by atoms with E-state index in [0.29, 0.717) is 0 Å². The summed E-state index contributed by atoms with van der Waals surface area (Å²) in [6.45, 7) is 2.27. The number of ether oxygens (including phenoxy) is 1. The number of carbonyl (C=O) groups excluding carboxylic acids is 1. The Balaban J connectivity index is 2.15. The highest BCUT2D eigenvalue weighted by Crippen LogP contribution is 2.26. The summed E-state index contributed by atoms with van der Waals surface area (Å²) >= 11 is 0. The first kappa shape index (κ1) is 15.2. The van der Waals surface area contributed by atoms with Gasteiger partial charge in [0.1, 0.15) is 6.10 Å². The maximum atomic E-state index is 11.1. The highest BCUT2D eigenvalue weighted by atomic mass is 16.5. The van der Waals surface area contributed by atoms with Crippen LogP contribution in [0.5, 0.6) is 0 Å². The van der Waals surface area contributed by atoms with Crippen LogP contribution in [0.2, 0.25) is 0 Å². The fraction of sp³-hybridized carbons (Fsp3) is 0.235. The van der Waals surface area contributed by atoms with Crippen LogP contribution in [0.1, 0.15) is 29.2 Å². The number of carbonyl (C=O) groups is 1. The van der Waals surface area contributed by atoms with Crippen LogP contribution in [-0.2, 0) is 9.53 Å². The van der Waals surface area contributed by atoms with Gasteiger partial charge < -0.3 is 4.74 Å². The molecule has 4 heteroatoms. The zero-order valence-corrected chi connectivity index (χ0v) is 12.0. The molecule has 2 N–H and O–H groups in total. The van der Waals surface area contributed by atoms with Gasteiger partial charge in [0.15, 0.2) is 0 Å². The van der Waals surface area contributed by atoms with Crippen molar-refractivity contribution < 1.29 is 14.7 Å². The SMILES string of the molecule is Cc1ccc(C(OCCC(=O)NO)c2ccccc2)cc1. The summed E-state index contributed by atoms with van der Waals surface area (Å²) in [4.78, 5) is 11.1. The van der Waals surface area contributed by atoms with Gasteiger partial charge in [-0.2, -0.15) is 0 Å². The van der Waals surface area contributed by atoms with Gasteiger partial charge in [0, 0.05) is 0 Å². The Morgan fingerprint density at radius 2 is 1.71 bits per heavy atom. The number of hydrogen-bond donors (Lipinski definition) is 2. The van der Waals surface area contributed by atoms with Crippen LogP contribution in [0.4, 0.5) is 0 Å². The predicted octanol–water partition coefficient (Wildman–Crippen LogP) is 3.00. The van der Waals surface area contributed by atoms with Crippen molar-refractivity contribution in [2.75, 3.05) is 6.61 Å². The Kier molecular flexibility index (Phi) is 5.49. The normalized spacial score (nSPS) is 11.9. The molecule has 0 aromatic heterocycles. The summed E-state index contributed by atoms with van der Waals surface area (Å²) < 4.78 is 5.85. The van der Waals surface area contributed by atoms with Crippen LogP contribution >= 0.6 is 0 Å². The van der Waals surface area contributed by atoms with Gasteiger partial charge in [-0.3, -0.25) is 10.0 Å². The molecule has 4 nitrogen and oxygen atoms in total. The molecular formula is C17H19NO3. The van der Waals surface area contributed by atoms with Gasteiger partial charge in [-0.15, -0.1) is 0 Å². The molecule has 0 saturated carbocycles. The molecule has 1 atom stereocenters. The van der Waals surface area contributed by atoms with Gasteiger partial charge in [-0.1, -0.05) is 60.2 Å². The third-order valence-corrected chi connectivity index (χ3v) is 3.22. The Bertz CT molecular complexity index is 566. The van der Waals surface area contributed by atoms with E-state index in [1.54, 1.807) is 5.48 Å². The molecule has 21 heavy (non-hydrogen) atoms. The summed E-state index contributed by atoms with van der Waals surface area (Å²) in [5.41, 5.74) is 4.86. The third-order valence-electron chi connectivity index (χ3n) is 3.22. The standard InChI is InChI=1S/C17H19NO3/c1-13-7-9-15(10-8-13)17(14-5-3-2-4-6-14)21-12-11-16(19)18-20/h2-10,17,20H,11-12H2,1H3,(H,18,19). The van der Waals surface area contributed by atoms with Gasteiger partial charge >= 0.3 is 0 Å². The summed E-state index contributed by atoms with van der Waals surface area (Å²) in [6.07, 6.45) is -0.107. The highest BCUT2D eigenvalue weighted by Gasteiger charge is 2.15. The Hall–Kier alpha value is -2.17. The van der Waals surface area contributed by atoms with E-state index in [9.17, 15) is 4.79 Å². The second-order valence-electron chi connectivity index (χ2n) is 4.86. The Morgan fingerprint density at radius 3 is 2.33 bits per heavy atom. The Morgan fingerprint density at radius 1 is 1.10 bits per heavy atom. The number of aryl methyl sites for hydroxylation is 1. The summed E-state index contributed by atoms with van der Waals surface area (Å²) in [5.74, 6) is -0.453. The molecule has 2 aromatic carbocycles. The molecule has 0 aliphatic heterocycles. The number of nitrogens with one attached hydrogen (secondary N) is 1. The van der Waals surface area contributed by atoms with E-state index in [1.165, 1.54) is 5.56 Å². The molecule has 0 aliphatic rings. The molecule has 0 bridgehead atoms. The van der Waals surface area contributed by atoms with E-state index < -0.39 is 5.91 Å². The van der Waals surface area contributed by atoms with Crippen molar-refractivity contribution in [1.29, 1.82) is 0 Å². The molecule has 0 aliphatic carbocycles. The monoisotopic (exact) mass is 285 g/mol. The smallest absolute Gasteiger partial charge is 0.245 e. The molecule has 1 unspecified atom stereocenters. The van der Waals surface area contributed by atoms with Crippen LogP contribution in [-0.4, -0.2) is 17.7 Å². The lowest BCUT2D eigenvalue weighted by Crippen LogP contribution is -2.21. The topological polar surface area (TPSA) is 58.6 Å². The van der Waals surface area contributed by atoms with Crippen molar-refractivity contribution in [2.24, 2.45) is 0 Å². The van der Waals surface area contributed by atoms with Crippen LogP contribution < -0.4 is 5.48 Å². The number of benzene rings is 2. The average molecular weight is 285 g/mol. The van der Waals surface area contributed by atoms with Gasteiger partial charge in [0.25, 0.3) is 0 Å². The van der Waals surface area contributed by atoms with E-state index in [1.807, 2.05) is 61.5 Å². The minimum absolute atomic E-state index is 0.117. The molecule has 0 radical (unpaired) electrons. The van der Waals surface area contributed by atoms with Crippen LogP contribution in [0.15, 0.2) is 54.6 Å². The van der Waals surface area contributed by atoms with E-state index in [-0.39, 0.29) is 19.1 Å². The lowest BCUT2D eigenvalue weighted by atomic mass is 10.0. The highest BCUT2D eigenvalue weighted by molar-refractivity contribution is 5.74. The second kappa shape index (κ2) is 7.57. The molecule has 2 rings (SSSR count). The predicted molar refractivity (Wildman–Crippen MR) is 80.0 cm³/mol. The van der Waals surface area contributed by atoms with E-state index in [4.69, 9.17) is 9.94 Å². The average Bonchev–Trinajstić information content (AvgIpc) is 2.53. The van der Waals surface area contributed by atoms with E-state index >= 15 is 0 Å². The number of rotatable bonds is 6. The van der Waals surface area contributed by atoms with Crippen molar-refractivity contribution in [3.05, 3.63) is 71.3 Å². The first-order valence-electron chi connectivity index (χ1n) is 6.87. The lowest BCUT2D eigenvalue weighted by Gasteiger charge is -2.19. The van der Waals surface area contributed by atoms with E-state index in [0.717, 1.165) is 11.1 Å². The third kappa shape index (κ3) is 4.41. The largest absolute Gasteiger partial charge is 0.368 e. The van der Waals surface area contributed by atoms with Gasteiger partial charge in [0.2, 0.25) is 5.91 Å². The quantitative estimate of drug-likeness (QED) is 0.633. The van der Waals surface area contributed by atoms with Crippen molar-refractivity contribution in [3.63, 3.8) is 0 Å². The maximum absolute atomic E-state index is 11.1. The molecule has 0 saturated heterocycles. The van der Waals surface area contributed by atoms with Crippen molar-refractivity contribution in [3.8, 4) is 0 Å². The minimum Gasteiger partial charge on any atom is -0.368 e. The van der Waals surface area contributed by atoms with Gasteiger partial charge in [-0.25, -0.2) is 5.48 Å². The van der Waals surface area contributed by atoms with Gasteiger partial charge in [0.05, 0.1) is 13.0 Å². The molecular weight excluding hydrogens is 266 g/mol. The zero-order chi connectivity index (χ0) is 15.1. The van der Waals surface area contributed by atoms with Gasteiger partial charge in [-0.05, 0) is 18.1 Å². The minimum atomic E-state index is -0.453. The number of hydrogen-bond acceptors (Lipinski definition) is 3. The van der Waals surface area contributed by atoms with Crippen LogP contribution in [0.3, 0.4) is 0 Å². The van der Waals surface area contributed by atoms with Crippen molar-refractivity contribution >= 4 is 5.91 Å². The Labute approximate surface area is 124 Å². The fourth-order valence-electron chi connectivity index (χ4n) is 2.08. The lowest BCUT2D eigenvalue weighted by molar-refractivity contribution is -0.130. The van der Waals surface area contributed by atoms with Crippen molar-refractivity contribution in [2.45, 2.75) is 19.4 Å². The van der Waals surface area contributed by atoms with Crippen LogP contribution in [0.25, 0.3) is 0 Å². The molecule has 1 amide bonds. The molecule has 2 aromatic rings. The number of amides is 1. The second-order valence-corrected chi connectivity index (χ2v) is 4.86. The molecule has 110 valence electrons. The molecule has 0 heterocycles. The van der Waals surface area contributed by atoms with Crippen molar-refractivity contribution in [1.82, 2.24) is 5.48 Å². The first-order chi connectivity index (χ1) is 10.2. The summed E-state index contributed by atoms with van der Waals surface area (Å²) in [6, 6.07) is 18.0. The molecule has 0 spiro atoms. The zero-order valence-electron chi connectivity index (χ0n) is 12.0. The fourth-order valence-corrected chi connectivity index (χ4v) is 2.08. The molecule has 0 fully saturated rings. The van der Waals surface area contributed by atoms with Crippen LogP contribution in [0, 0.1) is 6.92 Å². The van der Waals surface area contributed by atoms with E-state index in [2.05, 4.69) is 0 Å².